The van der Waals surface area contributed by atoms with E-state index in [0.717, 1.165) is 10.5 Å². The molecule has 0 atom stereocenters. The first-order valence-corrected chi connectivity index (χ1v) is 6.87. The quantitative estimate of drug-likeness (QED) is 0.835. The number of nitrogens with one attached hydrogen (secondary N) is 1. The third-order valence-corrected chi connectivity index (χ3v) is 3.29. The fraction of sp³-hybridized carbons (Fsp3) is 0.188. The summed E-state index contributed by atoms with van der Waals surface area (Å²) in [5, 5.41) is 2.86. The van der Waals surface area contributed by atoms with E-state index in [1.807, 2.05) is 24.3 Å². The Labute approximate surface area is 129 Å². The smallest absolute Gasteiger partial charge is 0.251 e. The predicted octanol–water partition coefficient (Wildman–Crippen LogP) is 2.92. The summed E-state index contributed by atoms with van der Waals surface area (Å²) in [5.74, 6) is 1.16. The predicted molar refractivity (Wildman–Crippen MR) is 84.4 cm³/mol. The molecule has 0 heterocycles. The molecule has 2 rings (SSSR count). The molecule has 0 unspecified atom stereocenters. The molecular formula is C16H17NO3S. The molecule has 0 aliphatic carbocycles. The molecule has 0 saturated carbocycles. The average Bonchev–Trinajstić information content (AvgIpc) is 2.52. The van der Waals surface area contributed by atoms with Crippen LogP contribution < -0.4 is 14.8 Å². The first-order valence-electron chi connectivity index (χ1n) is 6.42. The molecule has 0 aliphatic heterocycles. The van der Waals surface area contributed by atoms with Crippen LogP contribution in [0.5, 0.6) is 11.5 Å². The minimum absolute atomic E-state index is 0.138. The second-order valence-corrected chi connectivity index (χ2v) is 4.94. The van der Waals surface area contributed by atoms with Crippen LogP contribution in [0, 0.1) is 0 Å². The zero-order valence-corrected chi connectivity index (χ0v) is 12.8. The molecule has 5 heteroatoms. The van der Waals surface area contributed by atoms with Crippen LogP contribution in [0.4, 0.5) is 0 Å². The largest absolute Gasteiger partial charge is 0.493 e. The number of rotatable bonds is 5. The number of amides is 1. The van der Waals surface area contributed by atoms with Crippen molar-refractivity contribution in [2.24, 2.45) is 0 Å². The molecule has 2 aromatic carbocycles. The van der Waals surface area contributed by atoms with Crippen molar-refractivity contribution >= 4 is 18.5 Å². The molecular weight excluding hydrogens is 286 g/mol. The number of hydrogen-bond donors (Lipinski definition) is 2. The fourth-order valence-electron chi connectivity index (χ4n) is 1.92. The van der Waals surface area contributed by atoms with Crippen LogP contribution in [-0.2, 0) is 6.54 Å². The van der Waals surface area contributed by atoms with Crippen molar-refractivity contribution in [2.75, 3.05) is 14.2 Å². The SMILES string of the molecule is COc1ccc(CNC(=O)c2cccc(S)c2)cc1OC. The Morgan fingerprint density at radius 2 is 1.86 bits per heavy atom. The maximum Gasteiger partial charge on any atom is 0.251 e. The molecule has 1 amide bonds. The molecule has 0 spiro atoms. The van der Waals surface area contributed by atoms with Gasteiger partial charge in [0, 0.05) is 17.0 Å². The Kier molecular flexibility index (Phi) is 5.11. The van der Waals surface area contributed by atoms with E-state index in [1.165, 1.54) is 0 Å². The van der Waals surface area contributed by atoms with E-state index in [2.05, 4.69) is 17.9 Å². The van der Waals surface area contributed by atoms with E-state index in [1.54, 1.807) is 32.4 Å². The van der Waals surface area contributed by atoms with E-state index >= 15 is 0 Å². The summed E-state index contributed by atoms with van der Waals surface area (Å²) >= 11 is 4.22. The second-order valence-electron chi connectivity index (χ2n) is 4.42. The van der Waals surface area contributed by atoms with Crippen molar-refractivity contribution in [1.29, 1.82) is 0 Å². The van der Waals surface area contributed by atoms with Crippen LogP contribution in [0.25, 0.3) is 0 Å². The lowest BCUT2D eigenvalue weighted by atomic mass is 10.1. The van der Waals surface area contributed by atoms with E-state index in [4.69, 9.17) is 9.47 Å². The van der Waals surface area contributed by atoms with Gasteiger partial charge in [0.15, 0.2) is 11.5 Å². The van der Waals surface area contributed by atoms with E-state index < -0.39 is 0 Å². The van der Waals surface area contributed by atoms with Gasteiger partial charge in [0.2, 0.25) is 0 Å². The van der Waals surface area contributed by atoms with Gasteiger partial charge >= 0.3 is 0 Å². The number of carbonyl (C=O) groups is 1. The highest BCUT2D eigenvalue weighted by atomic mass is 32.1. The standard InChI is InChI=1S/C16H17NO3S/c1-19-14-7-6-11(8-15(14)20-2)10-17-16(18)12-4-3-5-13(21)9-12/h3-9,21H,10H2,1-2H3,(H,17,18). The molecule has 0 radical (unpaired) electrons. The lowest BCUT2D eigenvalue weighted by Gasteiger charge is -2.10. The van der Waals surface area contributed by atoms with Crippen molar-refractivity contribution < 1.29 is 14.3 Å². The summed E-state index contributed by atoms with van der Waals surface area (Å²) in [4.78, 5) is 12.8. The minimum Gasteiger partial charge on any atom is -0.493 e. The summed E-state index contributed by atoms with van der Waals surface area (Å²) in [5.41, 5.74) is 1.52. The van der Waals surface area contributed by atoms with Gasteiger partial charge in [-0.15, -0.1) is 12.6 Å². The molecule has 0 saturated heterocycles. The summed E-state index contributed by atoms with van der Waals surface area (Å²) in [7, 11) is 3.17. The van der Waals surface area contributed by atoms with Gasteiger partial charge in [-0.2, -0.15) is 0 Å². The Morgan fingerprint density at radius 3 is 2.52 bits per heavy atom. The van der Waals surface area contributed by atoms with Gasteiger partial charge in [-0.25, -0.2) is 0 Å². The van der Waals surface area contributed by atoms with Gasteiger partial charge in [-0.1, -0.05) is 12.1 Å². The first-order chi connectivity index (χ1) is 10.1. The number of benzene rings is 2. The van der Waals surface area contributed by atoms with Crippen LogP contribution in [0.3, 0.4) is 0 Å². The number of hydrogen-bond acceptors (Lipinski definition) is 4. The van der Waals surface area contributed by atoms with Crippen LogP contribution in [0.1, 0.15) is 15.9 Å². The van der Waals surface area contributed by atoms with E-state index in [0.29, 0.717) is 23.6 Å². The zero-order valence-electron chi connectivity index (χ0n) is 11.9. The number of ether oxygens (including phenoxy) is 2. The van der Waals surface area contributed by atoms with E-state index in [-0.39, 0.29) is 5.91 Å². The van der Waals surface area contributed by atoms with Crippen LogP contribution in [-0.4, -0.2) is 20.1 Å². The summed E-state index contributed by atoms with van der Waals surface area (Å²) in [6.07, 6.45) is 0. The zero-order chi connectivity index (χ0) is 15.2. The van der Waals surface area contributed by atoms with Crippen molar-refractivity contribution in [2.45, 2.75) is 11.4 Å². The Balaban J connectivity index is 2.04. The van der Waals surface area contributed by atoms with Crippen molar-refractivity contribution in [3.63, 3.8) is 0 Å². The van der Waals surface area contributed by atoms with Crippen molar-refractivity contribution in [3.8, 4) is 11.5 Å². The molecule has 21 heavy (non-hydrogen) atoms. The Hall–Kier alpha value is -2.14. The monoisotopic (exact) mass is 303 g/mol. The lowest BCUT2D eigenvalue weighted by molar-refractivity contribution is 0.0950. The van der Waals surface area contributed by atoms with Gasteiger partial charge < -0.3 is 14.8 Å². The third-order valence-electron chi connectivity index (χ3n) is 3.01. The highest BCUT2D eigenvalue weighted by Gasteiger charge is 2.08. The summed E-state index contributed by atoms with van der Waals surface area (Å²) in [6, 6.07) is 12.7. The summed E-state index contributed by atoms with van der Waals surface area (Å²) < 4.78 is 10.4. The molecule has 4 nitrogen and oxygen atoms in total. The van der Waals surface area contributed by atoms with Crippen LogP contribution in [0.15, 0.2) is 47.4 Å². The average molecular weight is 303 g/mol. The normalized spacial score (nSPS) is 10.0. The van der Waals surface area contributed by atoms with Crippen LogP contribution in [0.2, 0.25) is 0 Å². The number of carbonyl (C=O) groups excluding carboxylic acids is 1. The van der Waals surface area contributed by atoms with E-state index in [9.17, 15) is 4.79 Å². The fourth-order valence-corrected chi connectivity index (χ4v) is 2.15. The Bertz CT molecular complexity index is 643. The molecule has 0 fully saturated rings. The highest BCUT2D eigenvalue weighted by molar-refractivity contribution is 7.80. The third kappa shape index (κ3) is 3.92. The molecule has 0 bridgehead atoms. The molecule has 2 aromatic rings. The van der Waals surface area contributed by atoms with Gasteiger partial charge in [-0.3, -0.25) is 4.79 Å². The van der Waals surface area contributed by atoms with Gasteiger partial charge in [0.05, 0.1) is 14.2 Å². The van der Waals surface area contributed by atoms with Gasteiger partial charge in [-0.05, 0) is 35.9 Å². The maximum atomic E-state index is 12.0. The molecule has 0 aliphatic rings. The lowest BCUT2D eigenvalue weighted by Crippen LogP contribution is -2.22. The van der Waals surface area contributed by atoms with Crippen LogP contribution >= 0.6 is 12.6 Å². The number of thiol groups is 1. The second kappa shape index (κ2) is 7.04. The molecule has 110 valence electrons. The Morgan fingerprint density at radius 1 is 1.10 bits per heavy atom. The van der Waals surface area contributed by atoms with Crippen molar-refractivity contribution in [1.82, 2.24) is 5.32 Å². The molecule has 1 N–H and O–H groups in total. The topological polar surface area (TPSA) is 47.6 Å². The minimum atomic E-state index is -0.138. The first kappa shape index (κ1) is 15.3. The van der Waals surface area contributed by atoms with Gasteiger partial charge in [0.1, 0.15) is 0 Å². The van der Waals surface area contributed by atoms with Crippen molar-refractivity contribution in [3.05, 3.63) is 53.6 Å². The summed E-state index contributed by atoms with van der Waals surface area (Å²) in [6.45, 7) is 0.413. The highest BCUT2D eigenvalue weighted by Crippen LogP contribution is 2.27. The van der Waals surface area contributed by atoms with Gasteiger partial charge in [0.25, 0.3) is 5.91 Å². The molecule has 0 aromatic heterocycles. The number of methoxy groups -OCH3 is 2. The maximum absolute atomic E-state index is 12.0.